The fraction of sp³-hybridized carbons (Fsp3) is 0.647. The van der Waals surface area contributed by atoms with Gasteiger partial charge >= 0.3 is 0 Å². The van der Waals surface area contributed by atoms with E-state index in [1.165, 1.54) is 11.1 Å². The van der Waals surface area contributed by atoms with Crippen molar-refractivity contribution in [3.63, 3.8) is 0 Å². The summed E-state index contributed by atoms with van der Waals surface area (Å²) in [5, 5.41) is 3.50. The Balaban J connectivity index is 3.07. The fourth-order valence-electron chi connectivity index (χ4n) is 2.79. The molecule has 0 fully saturated rings. The first-order chi connectivity index (χ1) is 9.38. The highest BCUT2D eigenvalue weighted by Crippen LogP contribution is 2.27. The van der Waals surface area contributed by atoms with Crippen molar-refractivity contribution in [3.8, 4) is 5.75 Å². The van der Waals surface area contributed by atoms with E-state index in [0.717, 1.165) is 18.6 Å². The normalized spacial score (nSPS) is 16.0. The van der Waals surface area contributed by atoms with Crippen molar-refractivity contribution >= 4 is 0 Å². The molecule has 1 rings (SSSR count). The number of nitrogens with one attached hydrogen (secondary N) is 1. The Morgan fingerprint density at radius 1 is 1.35 bits per heavy atom. The van der Waals surface area contributed by atoms with E-state index < -0.39 is 0 Å². The van der Waals surface area contributed by atoms with Gasteiger partial charge in [0.25, 0.3) is 0 Å². The molecule has 20 heavy (non-hydrogen) atoms. The van der Waals surface area contributed by atoms with Gasteiger partial charge in [-0.15, -0.1) is 0 Å². The standard InChI is InChI=1S/C17H30N2O/c1-8-17(3,19(5)6)16(18-4)12-14-11-13(2)9-10-15(14)20-7/h9-11,16,18H,8,12H2,1-7H3. The van der Waals surface area contributed by atoms with Crippen molar-refractivity contribution < 1.29 is 4.74 Å². The number of likely N-dealkylation sites (N-methyl/N-ethyl adjacent to an activating group) is 2. The third-order valence-corrected chi connectivity index (χ3v) is 4.70. The summed E-state index contributed by atoms with van der Waals surface area (Å²) < 4.78 is 5.51. The van der Waals surface area contributed by atoms with Gasteiger partial charge < -0.3 is 15.0 Å². The Morgan fingerprint density at radius 2 is 2.00 bits per heavy atom. The second-order valence-corrected chi connectivity index (χ2v) is 5.97. The minimum absolute atomic E-state index is 0.115. The third-order valence-electron chi connectivity index (χ3n) is 4.70. The van der Waals surface area contributed by atoms with Crippen molar-refractivity contribution in [1.82, 2.24) is 10.2 Å². The lowest BCUT2D eigenvalue weighted by molar-refractivity contribution is 0.116. The Hall–Kier alpha value is -1.06. The van der Waals surface area contributed by atoms with Gasteiger partial charge in [0.15, 0.2) is 0 Å². The first-order valence-corrected chi connectivity index (χ1v) is 7.37. The van der Waals surface area contributed by atoms with Gasteiger partial charge in [-0.1, -0.05) is 24.6 Å². The molecule has 3 heteroatoms. The second-order valence-electron chi connectivity index (χ2n) is 5.97. The Labute approximate surface area is 124 Å². The molecule has 0 aliphatic carbocycles. The fourth-order valence-corrected chi connectivity index (χ4v) is 2.79. The Kier molecular flexibility index (Phi) is 6.03. The van der Waals surface area contributed by atoms with Crippen molar-refractivity contribution in [2.24, 2.45) is 0 Å². The molecule has 0 heterocycles. The quantitative estimate of drug-likeness (QED) is 0.830. The molecule has 0 spiro atoms. The van der Waals surface area contributed by atoms with Crippen LogP contribution in [0.2, 0.25) is 0 Å². The van der Waals surface area contributed by atoms with Crippen LogP contribution in [0, 0.1) is 6.92 Å². The van der Waals surface area contributed by atoms with Gasteiger partial charge in [0.1, 0.15) is 5.75 Å². The molecule has 0 aliphatic rings. The van der Waals surface area contributed by atoms with Crippen LogP contribution in [0.3, 0.4) is 0 Å². The lowest BCUT2D eigenvalue weighted by atomic mass is 9.84. The summed E-state index contributed by atoms with van der Waals surface area (Å²) in [6.07, 6.45) is 2.06. The van der Waals surface area contributed by atoms with Gasteiger partial charge in [-0.05, 0) is 59.5 Å². The second kappa shape index (κ2) is 7.09. The smallest absolute Gasteiger partial charge is 0.122 e. The molecular weight excluding hydrogens is 248 g/mol. The predicted molar refractivity (Wildman–Crippen MR) is 86.7 cm³/mol. The summed E-state index contributed by atoms with van der Waals surface area (Å²) in [4.78, 5) is 2.32. The maximum atomic E-state index is 5.51. The third kappa shape index (κ3) is 3.53. The van der Waals surface area contributed by atoms with Crippen LogP contribution in [0.5, 0.6) is 5.75 Å². The summed E-state index contributed by atoms with van der Waals surface area (Å²) in [7, 11) is 8.10. The summed E-state index contributed by atoms with van der Waals surface area (Å²) >= 11 is 0. The van der Waals surface area contributed by atoms with Crippen molar-refractivity contribution in [3.05, 3.63) is 29.3 Å². The molecule has 0 radical (unpaired) electrons. The van der Waals surface area contributed by atoms with Crippen molar-refractivity contribution in [1.29, 1.82) is 0 Å². The van der Waals surface area contributed by atoms with E-state index in [0.29, 0.717) is 6.04 Å². The molecule has 0 saturated heterocycles. The zero-order valence-corrected chi connectivity index (χ0v) is 14.1. The molecule has 1 aromatic carbocycles. The molecule has 1 aromatic rings. The van der Waals surface area contributed by atoms with Gasteiger partial charge in [-0.25, -0.2) is 0 Å². The first kappa shape index (κ1) is 17.0. The molecule has 114 valence electrons. The summed E-state index contributed by atoms with van der Waals surface area (Å²) in [5.41, 5.74) is 2.66. The van der Waals surface area contributed by atoms with E-state index in [9.17, 15) is 0 Å². The number of aryl methyl sites for hydroxylation is 1. The molecule has 2 unspecified atom stereocenters. The van der Waals surface area contributed by atoms with Gasteiger partial charge in [0.2, 0.25) is 0 Å². The molecule has 0 bridgehead atoms. The van der Waals surface area contributed by atoms with Crippen LogP contribution >= 0.6 is 0 Å². The molecule has 3 nitrogen and oxygen atoms in total. The largest absolute Gasteiger partial charge is 0.496 e. The molecule has 0 aromatic heterocycles. The number of nitrogens with zero attached hydrogens (tertiary/aromatic N) is 1. The number of rotatable bonds is 7. The van der Waals surface area contributed by atoms with E-state index >= 15 is 0 Å². The average Bonchev–Trinajstić information content (AvgIpc) is 2.43. The molecule has 0 saturated carbocycles. The van der Waals surface area contributed by atoms with Crippen LogP contribution in [0.4, 0.5) is 0 Å². The van der Waals surface area contributed by atoms with Gasteiger partial charge in [-0.3, -0.25) is 0 Å². The number of benzene rings is 1. The van der Waals surface area contributed by atoms with E-state index in [-0.39, 0.29) is 5.54 Å². The molecule has 0 amide bonds. The van der Waals surface area contributed by atoms with Crippen LogP contribution in [0.25, 0.3) is 0 Å². The lowest BCUT2D eigenvalue weighted by Crippen LogP contribution is -2.57. The van der Waals surface area contributed by atoms with E-state index in [1.54, 1.807) is 7.11 Å². The predicted octanol–water partition coefficient (Wildman–Crippen LogP) is 2.86. The average molecular weight is 278 g/mol. The monoisotopic (exact) mass is 278 g/mol. The summed E-state index contributed by atoms with van der Waals surface area (Å²) in [5.74, 6) is 0.980. The number of ether oxygens (including phenoxy) is 1. The molecular formula is C17H30N2O. The summed E-state index contributed by atoms with van der Waals surface area (Å²) in [6.45, 7) is 6.69. The Morgan fingerprint density at radius 3 is 2.45 bits per heavy atom. The topological polar surface area (TPSA) is 24.5 Å². The summed E-state index contributed by atoms with van der Waals surface area (Å²) in [6, 6.07) is 6.77. The van der Waals surface area contributed by atoms with E-state index in [1.807, 2.05) is 7.05 Å². The van der Waals surface area contributed by atoms with Crippen LogP contribution in [0.1, 0.15) is 31.4 Å². The number of hydrogen-bond donors (Lipinski definition) is 1. The van der Waals surface area contributed by atoms with Crippen LogP contribution in [-0.4, -0.2) is 44.7 Å². The minimum Gasteiger partial charge on any atom is -0.496 e. The Bertz CT molecular complexity index is 431. The highest BCUT2D eigenvalue weighted by Gasteiger charge is 2.34. The minimum atomic E-state index is 0.115. The van der Waals surface area contributed by atoms with E-state index in [2.05, 4.69) is 63.3 Å². The highest BCUT2D eigenvalue weighted by atomic mass is 16.5. The van der Waals surface area contributed by atoms with Gasteiger partial charge in [-0.2, -0.15) is 0 Å². The van der Waals surface area contributed by atoms with Crippen LogP contribution in [0.15, 0.2) is 18.2 Å². The van der Waals surface area contributed by atoms with Gasteiger partial charge in [0, 0.05) is 11.6 Å². The van der Waals surface area contributed by atoms with Crippen molar-refractivity contribution in [2.75, 3.05) is 28.3 Å². The SMILES string of the molecule is CCC(C)(C(Cc1cc(C)ccc1OC)NC)N(C)C. The maximum absolute atomic E-state index is 5.51. The van der Waals surface area contributed by atoms with Crippen LogP contribution < -0.4 is 10.1 Å². The van der Waals surface area contributed by atoms with E-state index in [4.69, 9.17) is 4.74 Å². The molecule has 1 N–H and O–H groups in total. The number of hydrogen-bond acceptors (Lipinski definition) is 3. The number of methoxy groups -OCH3 is 1. The lowest BCUT2D eigenvalue weighted by Gasteiger charge is -2.43. The zero-order chi connectivity index (χ0) is 15.3. The zero-order valence-electron chi connectivity index (χ0n) is 14.1. The van der Waals surface area contributed by atoms with Gasteiger partial charge in [0.05, 0.1) is 7.11 Å². The van der Waals surface area contributed by atoms with Crippen molar-refractivity contribution in [2.45, 2.75) is 45.2 Å². The molecule has 0 aliphatic heterocycles. The maximum Gasteiger partial charge on any atom is 0.122 e. The highest BCUT2D eigenvalue weighted by molar-refractivity contribution is 5.37. The first-order valence-electron chi connectivity index (χ1n) is 7.37. The van der Waals surface area contributed by atoms with Crippen LogP contribution in [-0.2, 0) is 6.42 Å². The molecule has 2 atom stereocenters.